The third-order valence-electron chi connectivity index (χ3n) is 4.88. The fraction of sp³-hybridized carbons (Fsp3) is 0.600. The van der Waals surface area contributed by atoms with Crippen molar-refractivity contribution in [2.75, 3.05) is 20.3 Å². The summed E-state index contributed by atoms with van der Waals surface area (Å²) in [7, 11) is -2.70. The van der Waals surface area contributed by atoms with E-state index >= 15 is 0 Å². The highest BCUT2D eigenvalue weighted by Crippen LogP contribution is 2.55. The van der Waals surface area contributed by atoms with Gasteiger partial charge in [-0.25, -0.2) is 0 Å². The van der Waals surface area contributed by atoms with Gasteiger partial charge in [-0.15, -0.1) is 0 Å². The summed E-state index contributed by atoms with van der Waals surface area (Å²) in [5.74, 6) is -1.45. The molecule has 0 saturated heterocycles. The Kier molecular flexibility index (Phi) is 7.81. The van der Waals surface area contributed by atoms with Crippen LogP contribution in [0.1, 0.15) is 50.7 Å². The molecule has 0 amide bonds. The lowest BCUT2D eigenvalue weighted by Gasteiger charge is -2.41. The van der Waals surface area contributed by atoms with Gasteiger partial charge in [0.05, 0.1) is 26.7 Å². The van der Waals surface area contributed by atoms with E-state index in [2.05, 4.69) is 0 Å². The Morgan fingerprint density at radius 2 is 1.68 bits per heavy atom. The number of carbonyl (C=O) groups is 2. The molecule has 1 fully saturated rings. The zero-order valence-corrected chi connectivity index (χ0v) is 17.8. The van der Waals surface area contributed by atoms with Crippen molar-refractivity contribution in [2.45, 2.75) is 57.7 Å². The SMILES string of the molecule is CCOP(=O)(OCC)C(CC(=O)OC1(c2ccc(C)cc2)CCC1)C(=O)OC. The minimum absolute atomic E-state index is 0.0765. The molecule has 0 N–H and O–H groups in total. The Balaban J connectivity index is 2.19. The van der Waals surface area contributed by atoms with Crippen LogP contribution in [0.2, 0.25) is 0 Å². The maximum atomic E-state index is 13.1. The lowest BCUT2D eigenvalue weighted by Crippen LogP contribution is -2.40. The van der Waals surface area contributed by atoms with Gasteiger partial charge in [0.15, 0.2) is 5.66 Å². The molecule has 8 heteroatoms. The van der Waals surface area contributed by atoms with E-state index in [0.717, 1.165) is 17.5 Å². The monoisotopic (exact) mass is 412 g/mol. The number of benzene rings is 1. The Morgan fingerprint density at radius 1 is 1.11 bits per heavy atom. The van der Waals surface area contributed by atoms with E-state index in [-0.39, 0.29) is 13.2 Å². The molecular formula is C20H29O7P. The van der Waals surface area contributed by atoms with E-state index in [1.165, 1.54) is 7.11 Å². The maximum absolute atomic E-state index is 13.1. The van der Waals surface area contributed by atoms with Gasteiger partial charge in [0.25, 0.3) is 0 Å². The lowest BCUT2D eigenvalue weighted by atomic mass is 9.74. The number of aryl methyl sites for hydroxylation is 1. The molecule has 1 aliphatic rings. The van der Waals surface area contributed by atoms with Crippen LogP contribution in [-0.4, -0.2) is 37.9 Å². The van der Waals surface area contributed by atoms with Crippen molar-refractivity contribution in [3.8, 4) is 0 Å². The normalized spacial score (nSPS) is 16.7. The highest BCUT2D eigenvalue weighted by molar-refractivity contribution is 7.55. The molecule has 1 atom stereocenters. The predicted octanol–water partition coefficient (Wildman–Crippen LogP) is 4.12. The lowest BCUT2D eigenvalue weighted by molar-refractivity contribution is -0.173. The van der Waals surface area contributed by atoms with Gasteiger partial charge in [-0.2, -0.15) is 0 Å². The highest BCUT2D eigenvalue weighted by Gasteiger charge is 2.47. The molecule has 0 heterocycles. The Hall–Kier alpha value is -1.69. The summed E-state index contributed by atoms with van der Waals surface area (Å²) < 4.78 is 34.1. The van der Waals surface area contributed by atoms with Crippen molar-refractivity contribution in [3.05, 3.63) is 35.4 Å². The fourth-order valence-corrected chi connectivity index (χ4v) is 5.15. The summed E-state index contributed by atoms with van der Waals surface area (Å²) in [5, 5.41) is 0. The Labute approximate surface area is 166 Å². The molecule has 28 heavy (non-hydrogen) atoms. The predicted molar refractivity (Wildman–Crippen MR) is 104 cm³/mol. The first-order chi connectivity index (χ1) is 13.3. The molecule has 7 nitrogen and oxygen atoms in total. The summed E-state index contributed by atoms with van der Waals surface area (Å²) >= 11 is 0. The van der Waals surface area contributed by atoms with Crippen LogP contribution in [0, 0.1) is 6.92 Å². The third-order valence-corrected chi connectivity index (χ3v) is 7.27. The molecule has 0 aromatic heterocycles. The minimum atomic E-state index is -3.87. The second kappa shape index (κ2) is 9.68. The van der Waals surface area contributed by atoms with Crippen LogP contribution < -0.4 is 0 Å². The standard InChI is InChI=1S/C20H29O7P/c1-5-25-28(23,26-6-2)17(19(22)24-4)14-18(21)27-20(12-7-13-20)16-10-8-15(3)9-11-16/h8-11,17H,5-7,12-14H2,1-4H3. The smallest absolute Gasteiger partial charge is 0.345 e. The molecule has 0 bridgehead atoms. The summed E-state index contributed by atoms with van der Waals surface area (Å²) in [6.45, 7) is 5.42. The van der Waals surface area contributed by atoms with Crippen molar-refractivity contribution in [3.63, 3.8) is 0 Å². The van der Waals surface area contributed by atoms with Gasteiger partial charge in [-0.3, -0.25) is 14.2 Å². The Bertz CT molecular complexity index is 715. The van der Waals surface area contributed by atoms with Gasteiger partial charge in [-0.05, 0) is 45.6 Å². The van der Waals surface area contributed by atoms with E-state index in [1.807, 2.05) is 31.2 Å². The number of hydrogen-bond acceptors (Lipinski definition) is 7. The molecule has 156 valence electrons. The first kappa shape index (κ1) is 22.6. The van der Waals surface area contributed by atoms with E-state index in [9.17, 15) is 14.2 Å². The molecule has 2 rings (SSSR count). The van der Waals surface area contributed by atoms with Crippen molar-refractivity contribution in [1.82, 2.24) is 0 Å². The number of ether oxygens (including phenoxy) is 2. The number of methoxy groups -OCH3 is 1. The Morgan fingerprint density at radius 3 is 2.11 bits per heavy atom. The largest absolute Gasteiger partial charge is 0.468 e. The quantitative estimate of drug-likeness (QED) is 0.422. The highest BCUT2D eigenvalue weighted by atomic mass is 31.2. The van der Waals surface area contributed by atoms with Gasteiger partial charge in [0.2, 0.25) is 0 Å². The molecule has 0 radical (unpaired) electrons. The summed E-state index contributed by atoms with van der Waals surface area (Å²) in [6.07, 6.45) is 1.92. The van der Waals surface area contributed by atoms with Crippen molar-refractivity contribution in [1.29, 1.82) is 0 Å². The molecule has 1 aromatic carbocycles. The second-order valence-corrected chi connectivity index (χ2v) is 9.03. The molecule has 1 aromatic rings. The second-order valence-electron chi connectivity index (χ2n) is 6.81. The number of esters is 2. The van der Waals surface area contributed by atoms with Crippen molar-refractivity contribution in [2.24, 2.45) is 0 Å². The molecule has 1 aliphatic carbocycles. The van der Waals surface area contributed by atoms with Crippen LogP contribution in [-0.2, 0) is 38.3 Å². The topological polar surface area (TPSA) is 88.1 Å². The molecule has 1 saturated carbocycles. The van der Waals surface area contributed by atoms with Crippen LogP contribution in [0.25, 0.3) is 0 Å². The molecular weight excluding hydrogens is 383 g/mol. The summed E-state index contributed by atoms with van der Waals surface area (Å²) in [4.78, 5) is 25.0. The zero-order chi connectivity index (χ0) is 20.8. The van der Waals surface area contributed by atoms with E-state index in [1.54, 1.807) is 13.8 Å². The number of hydrogen-bond donors (Lipinski definition) is 0. The minimum Gasteiger partial charge on any atom is -0.468 e. The molecule has 0 spiro atoms. The van der Waals surface area contributed by atoms with E-state index in [4.69, 9.17) is 18.5 Å². The first-order valence-corrected chi connectivity index (χ1v) is 11.2. The third kappa shape index (κ3) is 5.02. The number of carbonyl (C=O) groups excluding carboxylic acids is 2. The van der Waals surface area contributed by atoms with Crippen molar-refractivity contribution >= 4 is 19.5 Å². The molecule has 1 unspecified atom stereocenters. The van der Waals surface area contributed by atoms with Crippen LogP contribution >= 0.6 is 7.60 Å². The first-order valence-electron chi connectivity index (χ1n) is 9.56. The zero-order valence-electron chi connectivity index (χ0n) is 16.9. The molecule has 0 aliphatic heterocycles. The van der Waals surface area contributed by atoms with E-state index < -0.39 is 37.2 Å². The summed E-state index contributed by atoms with van der Waals surface area (Å²) in [6, 6.07) is 7.84. The average Bonchev–Trinajstić information content (AvgIpc) is 2.63. The maximum Gasteiger partial charge on any atom is 0.345 e. The van der Waals surface area contributed by atoms with Crippen LogP contribution in [0.3, 0.4) is 0 Å². The van der Waals surface area contributed by atoms with Gasteiger partial charge >= 0.3 is 19.5 Å². The fourth-order valence-electron chi connectivity index (χ4n) is 3.26. The van der Waals surface area contributed by atoms with Gasteiger partial charge in [0, 0.05) is 0 Å². The van der Waals surface area contributed by atoms with E-state index in [0.29, 0.717) is 12.8 Å². The average molecular weight is 412 g/mol. The summed E-state index contributed by atoms with van der Waals surface area (Å²) in [5.41, 5.74) is -0.0259. The number of rotatable bonds is 10. The van der Waals surface area contributed by atoms with Gasteiger partial charge in [0.1, 0.15) is 5.60 Å². The van der Waals surface area contributed by atoms with Crippen LogP contribution in [0.15, 0.2) is 24.3 Å². The van der Waals surface area contributed by atoms with Crippen LogP contribution in [0.5, 0.6) is 0 Å². The van der Waals surface area contributed by atoms with Gasteiger partial charge < -0.3 is 18.5 Å². The van der Waals surface area contributed by atoms with Crippen LogP contribution in [0.4, 0.5) is 0 Å². The van der Waals surface area contributed by atoms with Gasteiger partial charge in [-0.1, -0.05) is 29.8 Å². The van der Waals surface area contributed by atoms with Crippen molar-refractivity contribution < 1.29 is 32.7 Å².